The zero-order valence-electron chi connectivity index (χ0n) is 16.5. The second-order valence-corrected chi connectivity index (χ2v) is 7.34. The van der Waals surface area contributed by atoms with Crippen LogP contribution in [0.25, 0.3) is 11.3 Å². The molecule has 2 aromatic carbocycles. The number of carbonyl (C=O) groups excluding carboxylic acids is 1. The molecule has 29 heavy (non-hydrogen) atoms. The number of aromatic nitrogens is 1. The fourth-order valence-electron chi connectivity index (χ4n) is 3.79. The Balaban J connectivity index is 1.33. The van der Waals surface area contributed by atoms with Crippen LogP contribution >= 0.6 is 0 Å². The van der Waals surface area contributed by atoms with Gasteiger partial charge in [0, 0.05) is 49.4 Å². The van der Waals surface area contributed by atoms with Crippen LogP contribution in [0.4, 0.5) is 10.1 Å². The Hall–Kier alpha value is -3.15. The third kappa shape index (κ3) is 4.31. The molecule has 1 aliphatic heterocycles. The number of benzene rings is 2. The molecule has 1 amide bonds. The zero-order chi connectivity index (χ0) is 20.2. The molecule has 5 nitrogen and oxygen atoms in total. The highest BCUT2D eigenvalue weighted by Gasteiger charge is 2.22. The van der Waals surface area contributed by atoms with Crippen LogP contribution < -0.4 is 4.90 Å². The van der Waals surface area contributed by atoms with Gasteiger partial charge in [-0.15, -0.1) is 0 Å². The minimum Gasteiger partial charge on any atom is -0.368 e. The third-order valence-corrected chi connectivity index (χ3v) is 5.45. The van der Waals surface area contributed by atoms with Gasteiger partial charge in [0.2, 0.25) is 5.91 Å². The van der Waals surface area contributed by atoms with Crippen molar-refractivity contribution in [1.29, 1.82) is 0 Å². The quantitative estimate of drug-likeness (QED) is 0.656. The van der Waals surface area contributed by atoms with Crippen LogP contribution in [0.1, 0.15) is 17.5 Å². The Bertz CT molecular complexity index is 976. The van der Waals surface area contributed by atoms with Gasteiger partial charge in [-0.1, -0.05) is 23.4 Å². The zero-order valence-corrected chi connectivity index (χ0v) is 16.5. The largest absolute Gasteiger partial charge is 0.368 e. The number of halogens is 1. The van der Waals surface area contributed by atoms with Crippen LogP contribution in [0, 0.1) is 12.7 Å². The molecule has 0 aliphatic carbocycles. The number of hydrogen-bond donors (Lipinski definition) is 0. The van der Waals surface area contributed by atoms with Crippen LogP contribution in [0.15, 0.2) is 59.3 Å². The van der Waals surface area contributed by atoms with Gasteiger partial charge in [0.1, 0.15) is 5.82 Å². The lowest BCUT2D eigenvalue weighted by atomic mass is 10.0. The number of aryl methyl sites for hydroxylation is 2. The van der Waals surface area contributed by atoms with E-state index in [4.69, 9.17) is 4.52 Å². The minimum absolute atomic E-state index is 0.140. The van der Waals surface area contributed by atoms with Gasteiger partial charge in [-0.2, -0.15) is 0 Å². The molecule has 3 aromatic rings. The van der Waals surface area contributed by atoms with Gasteiger partial charge in [0.25, 0.3) is 0 Å². The average Bonchev–Trinajstić information content (AvgIpc) is 3.22. The van der Waals surface area contributed by atoms with Gasteiger partial charge in [0.05, 0.1) is 6.20 Å². The first-order valence-corrected chi connectivity index (χ1v) is 9.89. The second kappa shape index (κ2) is 8.47. The summed E-state index contributed by atoms with van der Waals surface area (Å²) in [5.74, 6) is 0.442. The third-order valence-electron chi connectivity index (χ3n) is 5.45. The van der Waals surface area contributed by atoms with Gasteiger partial charge in [-0.3, -0.25) is 4.79 Å². The first kappa shape index (κ1) is 19.2. The number of piperazine rings is 1. The van der Waals surface area contributed by atoms with Gasteiger partial charge in [-0.25, -0.2) is 4.39 Å². The van der Waals surface area contributed by atoms with Crippen LogP contribution in [0.2, 0.25) is 0 Å². The van der Waals surface area contributed by atoms with Gasteiger partial charge in [-0.05, 0) is 49.2 Å². The monoisotopic (exact) mass is 393 g/mol. The number of amides is 1. The number of para-hydroxylation sites is 1. The molecule has 2 heterocycles. The fourth-order valence-corrected chi connectivity index (χ4v) is 3.79. The van der Waals surface area contributed by atoms with Crippen LogP contribution in [-0.2, 0) is 11.2 Å². The number of hydrogen-bond acceptors (Lipinski definition) is 4. The molecular weight excluding hydrogens is 369 g/mol. The highest BCUT2D eigenvalue weighted by Crippen LogP contribution is 2.25. The summed E-state index contributed by atoms with van der Waals surface area (Å²) in [5.41, 5.74) is 4.13. The molecule has 4 rings (SSSR count). The number of carbonyl (C=O) groups is 1. The molecule has 0 atom stereocenters. The van der Waals surface area contributed by atoms with Crippen molar-refractivity contribution in [1.82, 2.24) is 10.1 Å². The highest BCUT2D eigenvalue weighted by molar-refractivity contribution is 5.77. The lowest BCUT2D eigenvalue weighted by molar-refractivity contribution is -0.131. The van der Waals surface area contributed by atoms with E-state index in [-0.39, 0.29) is 11.7 Å². The van der Waals surface area contributed by atoms with E-state index in [9.17, 15) is 9.18 Å². The average molecular weight is 393 g/mol. The van der Waals surface area contributed by atoms with E-state index in [1.165, 1.54) is 23.4 Å². The van der Waals surface area contributed by atoms with Gasteiger partial charge in [0.15, 0.2) is 5.76 Å². The molecule has 0 saturated carbocycles. The molecular formula is C23H24FN3O2. The Labute approximate surface area is 169 Å². The molecule has 0 N–H and O–H groups in total. The topological polar surface area (TPSA) is 49.6 Å². The van der Waals surface area contributed by atoms with E-state index in [1.807, 2.05) is 11.0 Å². The molecule has 150 valence electrons. The van der Waals surface area contributed by atoms with Crippen LogP contribution in [-0.4, -0.2) is 42.1 Å². The van der Waals surface area contributed by atoms with Crippen molar-refractivity contribution in [3.05, 3.63) is 71.7 Å². The van der Waals surface area contributed by atoms with Crippen molar-refractivity contribution in [3.63, 3.8) is 0 Å². The summed E-state index contributed by atoms with van der Waals surface area (Å²) >= 11 is 0. The molecule has 0 bridgehead atoms. The Morgan fingerprint density at radius 2 is 1.79 bits per heavy atom. The van der Waals surface area contributed by atoms with Gasteiger partial charge < -0.3 is 14.3 Å². The maximum atomic E-state index is 13.1. The normalized spacial score (nSPS) is 14.3. The SMILES string of the molecule is Cc1ccccc1N1CCN(C(=O)CCc2cnoc2-c2ccc(F)cc2)CC1. The van der Waals surface area contributed by atoms with E-state index in [0.29, 0.717) is 18.6 Å². The van der Waals surface area contributed by atoms with Crippen molar-refractivity contribution in [3.8, 4) is 11.3 Å². The molecule has 1 saturated heterocycles. The molecule has 6 heteroatoms. The van der Waals surface area contributed by atoms with Crippen LogP contribution in [0.3, 0.4) is 0 Å². The lowest BCUT2D eigenvalue weighted by Crippen LogP contribution is -2.49. The summed E-state index contributed by atoms with van der Waals surface area (Å²) in [5, 5.41) is 3.86. The summed E-state index contributed by atoms with van der Waals surface area (Å²) in [6.45, 7) is 5.24. The summed E-state index contributed by atoms with van der Waals surface area (Å²) in [4.78, 5) is 17.0. The van der Waals surface area contributed by atoms with E-state index in [1.54, 1.807) is 18.3 Å². The van der Waals surface area contributed by atoms with Crippen LogP contribution in [0.5, 0.6) is 0 Å². The van der Waals surface area contributed by atoms with Crippen molar-refractivity contribution in [2.24, 2.45) is 0 Å². The number of anilines is 1. The standard InChI is InChI=1S/C23H24FN3O2/c1-17-4-2-3-5-21(17)26-12-14-27(15-13-26)22(28)11-8-19-16-25-29-23(19)18-6-9-20(24)10-7-18/h2-7,9-10,16H,8,11-15H2,1H3. The molecule has 0 unspecified atom stereocenters. The Morgan fingerprint density at radius 1 is 1.07 bits per heavy atom. The molecule has 0 spiro atoms. The Kier molecular flexibility index (Phi) is 5.60. The molecule has 1 aromatic heterocycles. The summed E-state index contributed by atoms with van der Waals surface area (Å²) in [6, 6.07) is 14.4. The van der Waals surface area contributed by atoms with Crippen molar-refractivity contribution >= 4 is 11.6 Å². The van der Waals surface area contributed by atoms with Crippen molar-refractivity contribution in [2.45, 2.75) is 19.8 Å². The molecule has 1 aliphatic rings. The number of rotatable bonds is 5. The Morgan fingerprint density at radius 3 is 2.52 bits per heavy atom. The first-order chi connectivity index (χ1) is 14.1. The van der Waals surface area contributed by atoms with Crippen molar-refractivity contribution < 1.29 is 13.7 Å². The minimum atomic E-state index is -0.296. The van der Waals surface area contributed by atoms with Gasteiger partial charge >= 0.3 is 0 Å². The summed E-state index contributed by atoms with van der Waals surface area (Å²) < 4.78 is 18.5. The smallest absolute Gasteiger partial charge is 0.223 e. The second-order valence-electron chi connectivity index (χ2n) is 7.34. The predicted molar refractivity (Wildman–Crippen MR) is 110 cm³/mol. The molecule has 0 radical (unpaired) electrons. The first-order valence-electron chi connectivity index (χ1n) is 9.89. The van der Waals surface area contributed by atoms with Crippen molar-refractivity contribution in [2.75, 3.05) is 31.1 Å². The van der Waals surface area contributed by atoms with E-state index in [2.05, 4.69) is 35.2 Å². The fraction of sp³-hybridized carbons (Fsp3) is 0.304. The molecule has 1 fully saturated rings. The lowest BCUT2D eigenvalue weighted by Gasteiger charge is -2.36. The highest BCUT2D eigenvalue weighted by atomic mass is 19.1. The maximum absolute atomic E-state index is 13.1. The van der Waals surface area contributed by atoms with E-state index in [0.717, 1.165) is 37.3 Å². The summed E-state index contributed by atoms with van der Waals surface area (Å²) in [7, 11) is 0. The maximum Gasteiger partial charge on any atom is 0.223 e. The summed E-state index contributed by atoms with van der Waals surface area (Å²) in [6.07, 6.45) is 2.59. The van der Waals surface area contributed by atoms with E-state index < -0.39 is 0 Å². The predicted octanol–water partition coefficient (Wildman–Crippen LogP) is 4.07. The van der Waals surface area contributed by atoms with E-state index >= 15 is 0 Å². The number of nitrogens with zero attached hydrogens (tertiary/aromatic N) is 3.